The molecule has 0 saturated heterocycles. The molecule has 0 aliphatic rings. The number of aromatic nitrogens is 2. The Balaban J connectivity index is 2.81. The Hall–Kier alpha value is -2.02. The number of alkyl halides is 6. The van der Waals surface area contributed by atoms with Gasteiger partial charge in [-0.05, 0) is 12.1 Å². The molecular weight excluding hydrogens is 368 g/mol. The van der Waals surface area contributed by atoms with E-state index in [1.54, 1.807) is 0 Å². The van der Waals surface area contributed by atoms with Gasteiger partial charge in [-0.2, -0.15) is 25.9 Å². The van der Waals surface area contributed by atoms with E-state index >= 15 is 0 Å². The van der Waals surface area contributed by atoms with Crippen LogP contribution in [0.3, 0.4) is 0 Å². The molecule has 134 valence electrons. The third kappa shape index (κ3) is 3.40. The van der Waals surface area contributed by atoms with Gasteiger partial charge in [-0.15, -0.1) is 13.2 Å². The van der Waals surface area contributed by atoms with Gasteiger partial charge in [0.25, 0.3) is 0 Å². The summed E-state index contributed by atoms with van der Waals surface area (Å²) in [4.78, 5) is 3.17. The van der Waals surface area contributed by atoms with Crippen molar-refractivity contribution in [3.05, 3.63) is 24.0 Å². The number of ether oxygens (including phenoxy) is 1. The maximum Gasteiger partial charge on any atom is 0.573 e. The van der Waals surface area contributed by atoms with E-state index in [-0.39, 0.29) is 3.97 Å². The maximum atomic E-state index is 13.1. The van der Waals surface area contributed by atoms with E-state index in [1.165, 1.54) is 0 Å². The third-order valence-electron chi connectivity index (χ3n) is 2.76. The normalized spacial score (nSPS) is 13.7. The van der Waals surface area contributed by atoms with Crippen LogP contribution in [0.25, 0.3) is 11.0 Å². The molecule has 0 saturated carbocycles. The van der Waals surface area contributed by atoms with Crippen LogP contribution in [0.1, 0.15) is 5.82 Å². The lowest BCUT2D eigenvalue weighted by molar-refractivity contribution is -0.274. The third-order valence-corrected chi connectivity index (χ3v) is 4.52. The number of rotatable bonds is 3. The minimum absolute atomic E-state index is 0.175. The first-order valence-corrected chi connectivity index (χ1v) is 7.41. The zero-order valence-corrected chi connectivity index (χ0v) is 12.8. The molecule has 6 nitrogen and oxygen atoms in total. The van der Waals surface area contributed by atoms with Crippen LogP contribution in [0.5, 0.6) is 5.75 Å². The first-order chi connectivity index (χ1) is 10.7. The molecule has 24 heavy (non-hydrogen) atoms. The molecule has 0 unspecified atom stereocenters. The van der Waals surface area contributed by atoms with Gasteiger partial charge in [-0.25, -0.2) is 8.96 Å². The molecule has 0 atom stereocenters. The average Bonchev–Trinajstić information content (AvgIpc) is 2.75. The van der Waals surface area contributed by atoms with Crippen LogP contribution in [0.4, 0.5) is 26.3 Å². The lowest BCUT2D eigenvalue weighted by Crippen LogP contribution is -2.32. The Kier molecular flexibility index (Phi) is 4.21. The molecule has 1 aromatic carbocycles. The van der Waals surface area contributed by atoms with Crippen molar-refractivity contribution in [1.82, 2.24) is 13.3 Å². The fourth-order valence-electron chi connectivity index (χ4n) is 1.81. The lowest BCUT2D eigenvalue weighted by atomic mass is 10.3. The Morgan fingerprint density at radius 1 is 1.12 bits per heavy atom. The van der Waals surface area contributed by atoms with Gasteiger partial charge in [0.2, 0.25) is 5.82 Å². The zero-order valence-electron chi connectivity index (χ0n) is 12.0. The largest absolute Gasteiger partial charge is 0.573 e. The predicted molar refractivity (Wildman–Crippen MR) is 69.4 cm³/mol. The van der Waals surface area contributed by atoms with Gasteiger partial charge in [0.1, 0.15) is 5.75 Å². The van der Waals surface area contributed by atoms with Gasteiger partial charge in [-0.3, -0.25) is 0 Å². The number of benzene rings is 1. The minimum Gasteiger partial charge on any atom is -0.406 e. The van der Waals surface area contributed by atoms with Gasteiger partial charge in [0, 0.05) is 20.2 Å². The van der Waals surface area contributed by atoms with Crippen LogP contribution in [0.15, 0.2) is 18.2 Å². The van der Waals surface area contributed by atoms with Crippen molar-refractivity contribution in [2.45, 2.75) is 12.5 Å². The molecule has 13 heteroatoms. The molecule has 0 bridgehead atoms. The van der Waals surface area contributed by atoms with E-state index in [0.717, 1.165) is 26.2 Å². The molecular formula is C11H9F6N3O3S. The van der Waals surface area contributed by atoms with Gasteiger partial charge < -0.3 is 4.74 Å². The number of nitrogens with zero attached hydrogens (tertiary/aromatic N) is 3. The molecule has 0 aliphatic carbocycles. The highest BCUT2D eigenvalue weighted by Crippen LogP contribution is 2.35. The van der Waals surface area contributed by atoms with Crippen LogP contribution in [-0.4, -0.2) is 42.1 Å². The van der Waals surface area contributed by atoms with E-state index in [1.807, 2.05) is 0 Å². The zero-order chi connectivity index (χ0) is 18.5. The quantitative estimate of drug-likeness (QED) is 0.772. The monoisotopic (exact) mass is 377 g/mol. The van der Waals surface area contributed by atoms with Crippen molar-refractivity contribution in [2.24, 2.45) is 0 Å². The highest BCUT2D eigenvalue weighted by atomic mass is 32.2. The number of hydrogen-bond acceptors (Lipinski definition) is 4. The summed E-state index contributed by atoms with van der Waals surface area (Å²) in [6.07, 6.45) is -10.2. The highest BCUT2D eigenvalue weighted by Gasteiger charge is 2.42. The highest BCUT2D eigenvalue weighted by molar-refractivity contribution is 7.87. The summed E-state index contributed by atoms with van der Waals surface area (Å²) >= 11 is 0. The second kappa shape index (κ2) is 5.51. The van der Waals surface area contributed by atoms with Gasteiger partial charge in [-0.1, -0.05) is 0 Å². The molecule has 0 spiro atoms. The molecule has 0 radical (unpaired) electrons. The van der Waals surface area contributed by atoms with Crippen molar-refractivity contribution >= 4 is 21.2 Å². The molecule has 2 aromatic rings. The van der Waals surface area contributed by atoms with Gasteiger partial charge in [0.05, 0.1) is 11.0 Å². The maximum absolute atomic E-state index is 13.1. The van der Waals surface area contributed by atoms with Crippen LogP contribution in [-0.2, 0) is 16.4 Å². The Labute approximate surface area is 131 Å². The minimum atomic E-state index is -5.15. The van der Waals surface area contributed by atoms with E-state index < -0.39 is 45.4 Å². The molecule has 1 aromatic heterocycles. The summed E-state index contributed by atoms with van der Waals surface area (Å²) < 4.78 is 104. The Bertz CT molecular complexity index is 869. The van der Waals surface area contributed by atoms with Crippen LogP contribution < -0.4 is 4.74 Å². The summed E-state index contributed by atoms with van der Waals surface area (Å²) in [5, 5.41) is 0. The molecule has 0 N–H and O–H groups in total. The molecule has 1 heterocycles. The topological polar surface area (TPSA) is 64.4 Å². The fraction of sp³-hybridized carbons (Fsp3) is 0.364. The SMILES string of the molecule is CN(C)S(=O)(=O)n1c(C(F)(F)F)nc2ccc(OC(F)(F)F)cc21. The summed E-state index contributed by atoms with van der Waals surface area (Å²) in [5.74, 6) is -2.66. The van der Waals surface area contributed by atoms with E-state index in [9.17, 15) is 34.8 Å². The molecule has 0 amide bonds. The van der Waals surface area contributed by atoms with Crippen LogP contribution in [0, 0.1) is 0 Å². The van der Waals surface area contributed by atoms with Crippen molar-refractivity contribution in [3.63, 3.8) is 0 Å². The van der Waals surface area contributed by atoms with Crippen molar-refractivity contribution in [2.75, 3.05) is 14.1 Å². The smallest absolute Gasteiger partial charge is 0.406 e. The summed E-state index contributed by atoms with van der Waals surface area (Å²) in [7, 11) is -2.76. The van der Waals surface area contributed by atoms with E-state index in [2.05, 4.69) is 9.72 Å². The number of halogens is 6. The first kappa shape index (κ1) is 18.3. The predicted octanol–water partition coefficient (Wildman–Crippen LogP) is 2.61. The second-order valence-corrected chi connectivity index (χ2v) is 6.68. The van der Waals surface area contributed by atoms with Crippen LogP contribution in [0.2, 0.25) is 0 Å². The van der Waals surface area contributed by atoms with Crippen molar-refractivity contribution in [1.29, 1.82) is 0 Å². The standard InChI is InChI=1S/C11H9F6N3O3S/c1-19(2)24(21,22)20-8-5-6(23-11(15,16)17)3-4-7(8)18-9(20)10(12,13)14/h3-5H,1-2H3. The Morgan fingerprint density at radius 2 is 1.71 bits per heavy atom. The average molecular weight is 377 g/mol. The van der Waals surface area contributed by atoms with Crippen molar-refractivity contribution in [3.8, 4) is 5.75 Å². The van der Waals surface area contributed by atoms with E-state index in [0.29, 0.717) is 10.4 Å². The number of fused-ring (bicyclic) bond motifs is 1. The lowest BCUT2D eigenvalue weighted by Gasteiger charge is -2.16. The first-order valence-electron chi connectivity index (χ1n) is 6.02. The molecule has 2 rings (SSSR count). The second-order valence-electron chi connectivity index (χ2n) is 4.69. The van der Waals surface area contributed by atoms with Crippen molar-refractivity contribution < 1.29 is 39.5 Å². The fourth-order valence-corrected chi connectivity index (χ4v) is 2.89. The number of hydrogen-bond donors (Lipinski definition) is 0. The van der Waals surface area contributed by atoms with Crippen LogP contribution >= 0.6 is 0 Å². The summed E-state index contributed by atoms with van der Waals surface area (Å²) in [6.45, 7) is 0. The molecule has 0 aliphatic heterocycles. The Morgan fingerprint density at radius 3 is 2.17 bits per heavy atom. The molecule has 0 fully saturated rings. The van der Waals surface area contributed by atoms with Gasteiger partial charge >= 0.3 is 22.7 Å². The van der Waals surface area contributed by atoms with E-state index in [4.69, 9.17) is 0 Å². The number of imidazole rings is 1. The summed E-state index contributed by atoms with van der Waals surface area (Å²) in [6, 6.07) is 2.05. The summed E-state index contributed by atoms with van der Waals surface area (Å²) in [5.41, 5.74) is -1.15. The van der Waals surface area contributed by atoms with Gasteiger partial charge in [0.15, 0.2) is 0 Å².